The van der Waals surface area contributed by atoms with Gasteiger partial charge in [-0.15, -0.1) is 0 Å². The van der Waals surface area contributed by atoms with Gasteiger partial charge in [0.1, 0.15) is 0 Å². The van der Waals surface area contributed by atoms with Crippen molar-refractivity contribution in [2.45, 2.75) is 44.2 Å². The summed E-state index contributed by atoms with van der Waals surface area (Å²) in [5.41, 5.74) is 0.938. The average molecular weight is 222 g/mol. The molecule has 0 unspecified atom stereocenters. The first-order valence-corrected chi connectivity index (χ1v) is 5.84. The van der Waals surface area contributed by atoms with Crippen molar-refractivity contribution in [2.24, 2.45) is 0 Å². The fraction of sp³-hybridized carbons (Fsp3) is 0.583. The number of carbonyl (C=O) groups is 1. The SMILES string of the molecule is O=C(Cc1ccc[nH]1)NC1CCC(O)CC1. The molecular weight excluding hydrogens is 204 g/mol. The van der Waals surface area contributed by atoms with Gasteiger partial charge in [-0.2, -0.15) is 0 Å². The maximum Gasteiger partial charge on any atom is 0.226 e. The molecule has 1 amide bonds. The minimum Gasteiger partial charge on any atom is -0.393 e. The molecule has 0 spiro atoms. The molecule has 0 aliphatic heterocycles. The van der Waals surface area contributed by atoms with Gasteiger partial charge in [-0.3, -0.25) is 4.79 Å². The Labute approximate surface area is 95.1 Å². The van der Waals surface area contributed by atoms with Crippen LogP contribution < -0.4 is 5.32 Å². The summed E-state index contributed by atoms with van der Waals surface area (Å²) < 4.78 is 0. The molecule has 1 saturated carbocycles. The van der Waals surface area contributed by atoms with Crippen LogP contribution >= 0.6 is 0 Å². The normalized spacial score (nSPS) is 25.3. The Kier molecular flexibility index (Phi) is 3.62. The van der Waals surface area contributed by atoms with E-state index in [1.54, 1.807) is 0 Å². The van der Waals surface area contributed by atoms with Gasteiger partial charge in [0.25, 0.3) is 0 Å². The molecule has 1 aliphatic carbocycles. The van der Waals surface area contributed by atoms with E-state index in [0.29, 0.717) is 6.42 Å². The Morgan fingerprint density at radius 3 is 2.81 bits per heavy atom. The van der Waals surface area contributed by atoms with Gasteiger partial charge in [0.05, 0.1) is 12.5 Å². The smallest absolute Gasteiger partial charge is 0.226 e. The van der Waals surface area contributed by atoms with Gasteiger partial charge in [-0.1, -0.05) is 0 Å². The first kappa shape index (κ1) is 11.2. The highest BCUT2D eigenvalue weighted by Gasteiger charge is 2.20. The molecule has 4 nitrogen and oxygen atoms in total. The molecule has 1 heterocycles. The molecule has 1 aromatic rings. The van der Waals surface area contributed by atoms with Crippen LogP contribution in [-0.2, 0) is 11.2 Å². The topological polar surface area (TPSA) is 65.1 Å². The van der Waals surface area contributed by atoms with E-state index in [9.17, 15) is 9.90 Å². The van der Waals surface area contributed by atoms with Crippen molar-refractivity contribution < 1.29 is 9.90 Å². The quantitative estimate of drug-likeness (QED) is 0.713. The van der Waals surface area contributed by atoms with Crippen molar-refractivity contribution in [3.63, 3.8) is 0 Å². The maximum atomic E-state index is 11.7. The predicted octanol–water partition coefficient (Wildman–Crippen LogP) is 0.977. The second-order valence-electron chi connectivity index (χ2n) is 4.45. The summed E-state index contributed by atoms with van der Waals surface area (Å²) in [6, 6.07) is 4.04. The van der Waals surface area contributed by atoms with Crippen LogP contribution in [0.25, 0.3) is 0 Å². The van der Waals surface area contributed by atoms with Gasteiger partial charge in [-0.05, 0) is 37.8 Å². The van der Waals surface area contributed by atoms with Crippen LogP contribution in [0.1, 0.15) is 31.4 Å². The third-order valence-electron chi connectivity index (χ3n) is 3.08. The molecule has 2 rings (SSSR count). The minimum atomic E-state index is -0.170. The van der Waals surface area contributed by atoms with Crippen LogP contribution in [0, 0.1) is 0 Å². The highest BCUT2D eigenvalue weighted by Crippen LogP contribution is 2.18. The Hall–Kier alpha value is -1.29. The summed E-state index contributed by atoms with van der Waals surface area (Å²) in [4.78, 5) is 14.7. The van der Waals surface area contributed by atoms with E-state index in [2.05, 4.69) is 10.3 Å². The lowest BCUT2D eigenvalue weighted by molar-refractivity contribution is -0.121. The fourth-order valence-electron chi connectivity index (χ4n) is 2.15. The van der Waals surface area contributed by atoms with E-state index >= 15 is 0 Å². The third-order valence-corrected chi connectivity index (χ3v) is 3.08. The molecule has 16 heavy (non-hydrogen) atoms. The van der Waals surface area contributed by atoms with Crippen molar-refractivity contribution in [2.75, 3.05) is 0 Å². The summed E-state index contributed by atoms with van der Waals surface area (Å²) in [6.07, 6.45) is 5.43. The molecule has 0 aromatic carbocycles. The zero-order valence-corrected chi connectivity index (χ0v) is 9.28. The van der Waals surface area contributed by atoms with Gasteiger partial charge in [0, 0.05) is 17.9 Å². The van der Waals surface area contributed by atoms with Crippen LogP contribution in [0.2, 0.25) is 0 Å². The Bertz CT molecular complexity index is 327. The minimum absolute atomic E-state index is 0.0591. The van der Waals surface area contributed by atoms with Gasteiger partial charge in [-0.25, -0.2) is 0 Å². The molecule has 4 heteroatoms. The maximum absolute atomic E-state index is 11.7. The van der Waals surface area contributed by atoms with Crippen molar-refractivity contribution in [1.29, 1.82) is 0 Å². The zero-order valence-electron chi connectivity index (χ0n) is 9.28. The first-order valence-electron chi connectivity index (χ1n) is 5.84. The second kappa shape index (κ2) is 5.16. The summed E-state index contributed by atoms with van der Waals surface area (Å²) in [5.74, 6) is 0.0591. The molecular formula is C12H18N2O2. The lowest BCUT2D eigenvalue weighted by Crippen LogP contribution is -2.39. The number of rotatable bonds is 3. The molecule has 1 aromatic heterocycles. The molecule has 0 radical (unpaired) electrons. The molecule has 0 atom stereocenters. The number of aromatic amines is 1. The summed E-state index contributed by atoms with van der Waals surface area (Å²) >= 11 is 0. The van der Waals surface area contributed by atoms with E-state index in [-0.39, 0.29) is 18.1 Å². The van der Waals surface area contributed by atoms with Gasteiger partial charge in [0.2, 0.25) is 5.91 Å². The monoisotopic (exact) mass is 222 g/mol. The zero-order chi connectivity index (χ0) is 11.4. The lowest BCUT2D eigenvalue weighted by Gasteiger charge is -2.26. The van der Waals surface area contributed by atoms with E-state index in [4.69, 9.17) is 0 Å². The van der Waals surface area contributed by atoms with E-state index in [1.165, 1.54) is 0 Å². The summed E-state index contributed by atoms with van der Waals surface area (Å²) in [5, 5.41) is 12.4. The van der Waals surface area contributed by atoms with Crippen LogP contribution in [0.5, 0.6) is 0 Å². The first-order chi connectivity index (χ1) is 7.74. The number of hydrogen-bond donors (Lipinski definition) is 3. The van der Waals surface area contributed by atoms with Gasteiger partial charge in [0.15, 0.2) is 0 Å². The van der Waals surface area contributed by atoms with Crippen molar-refractivity contribution in [3.8, 4) is 0 Å². The standard InChI is InChI=1S/C12H18N2O2/c15-11-5-3-9(4-6-11)14-12(16)8-10-2-1-7-13-10/h1-2,7,9,11,13,15H,3-6,8H2,(H,14,16). The largest absolute Gasteiger partial charge is 0.393 e. The van der Waals surface area contributed by atoms with Crippen molar-refractivity contribution in [1.82, 2.24) is 10.3 Å². The van der Waals surface area contributed by atoms with Crippen LogP contribution in [0.3, 0.4) is 0 Å². The number of H-pyrrole nitrogens is 1. The van der Waals surface area contributed by atoms with Gasteiger partial charge >= 0.3 is 0 Å². The highest BCUT2D eigenvalue weighted by atomic mass is 16.3. The number of nitrogens with one attached hydrogen (secondary N) is 2. The number of hydrogen-bond acceptors (Lipinski definition) is 2. The number of aliphatic hydroxyl groups excluding tert-OH is 1. The average Bonchev–Trinajstić information content (AvgIpc) is 2.74. The molecule has 1 aliphatic rings. The molecule has 88 valence electrons. The predicted molar refractivity (Wildman–Crippen MR) is 60.9 cm³/mol. The number of aliphatic hydroxyl groups is 1. The van der Waals surface area contributed by atoms with Crippen LogP contribution in [-0.4, -0.2) is 28.1 Å². The van der Waals surface area contributed by atoms with E-state index in [0.717, 1.165) is 31.4 Å². The summed E-state index contributed by atoms with van der Waals surface area (Å²) in [6.45, 7) is 0. The Morgan fingerprint density at radius 1 is 1.44 bits per heavy atom. The molecule has 0 bridgehead atoms. The second-order valence-corrected chi connectivity index (χ2v) is 4.45. The number of carbonyl (C=O) groups excluding carboxylic acids is 1. The van der Waals surface area contributed by atoms with E-state index in [1.807, 2.05) is 18.3 Å². The fourth-order valence-corrected chi connectivity index (χ4v) is 2.15. The van der Waals surface area contributed by atoms with Gasteiger partial charge < -0.3 is 15.4 Å². The molecule has 3 N–H and O–H groups in total. The molecule has 0 saturated heterocycles. The number of amides is 1. The third kappa shape index (κ3) is 3.10. The lowest BCUT2D eigenvalue weighted by atomic mass is 9.93. The highest BCUT2D eigenvalue weighted by molar-refractivity contribution is 5.78. The van der Waals surface area contributed by atoms with Crippen LogP contribution in [0.4, 0.5) is 0 Å². The van der Waals surface area contributed by atoms with Crippen molar-refractivity contribution >= 4 is 5.91 Å². The molecule has 1 fully saturated rings. The van der Waals surface area contributed by atoms with E-state index < -0.39 is 0 Å². The van der Waals surface area contributed by atoms with Crippen LogP contribution in [0.15, 0.2) is 18.3 Å². The Morgan fingerprint density at radius 2 is 2.19 bits per heavy atom. The summed E-state index contributed by atoms with van der Waals surface area (Å²) in [7, 11) is 0. The number of aromatic nitrogens is 1. The van der Waals surface area contributed by atoms with Crippen molar-refractivity contribution in [3.05, 3.63) is 24.0 Å². The Balaban J connectivity index is 1.75.